The van der Waals surface area contributed by atoms with E-state index in [0.29, 0.717) is 11.1 Å². The van der Waals surface area contributed by atoms with Crippen molar-refractivity contribution in [2.75, 3.05) is 0 Å². The summed E-state index contributed by atoms with van der Waals surface area (Å²) < 4.78 is 0. The first kappa shape index (κ1) is 19.8. The van der Waals surface area contributed by atoms with Crippen LogP contribution < -0.4 is 10.9 Å². The van der Waals surface area contributed by atoms with Gasteiger partial charge in [0.15, 0.2) is 0 Å². The molecule has 12 heteroatoms. The Morgan fingerprint density at radius 3 is 1.54 bits per heavy atom. The van der Waals surface area contributed by atoms with Gasteiger partial charge in [0.1, 0.15) is 0 Å². The molecule has 0 spiro atoms. The van der Waals surface area contributed by atoms with E-state index in [4.69, 9.17) is 0 Å². The molecule has 12 nitrogen and oxygen atoms in total. The van der Waals surface area contributed by atoms with Crippen molar-refractivity contribution in [3.8, 4) is 0 Å². The Balaban J connectivity index is 1.88. The maximum atomic E-state index is 11.6. The first-order chi connectivity index (χ1) is 13.4. The highest BCUT2D eigenvalue weighted by Gasteiger charge is 2.11. The first-order valence-electron chi connectivity index (χ1n) is 7.52. The number of carbonyl (C=O) groups is 2. The van der Waals surface area contributed by atoms with Crippen molar-refractivity contribution in [1.82, 2.24) is 10.9 Å². The van der Waals surface area contributed by atoms with Crippen LogP contribution in [-0.2, 0) is 9.59 Å². The Bertz CT molecular complexity index is 908. The number of nitro benzene ring substituents is 2. The summed E-state index contributed by atoms with van der Waals surface area (Å²) in [7, 11) is 0. The van der Waals surface area contributed by atoms with Gasteiger partial charge in [-0.2, -0.15) is 10.2 Å². The quantitative estimate of drug-likeness (QED) is 0.327. The Kier molecular flexibility index (Phi) is 6.58. The van der Waals surface area contributed by atoms with Crippen LogP contribution in [0.4, 0.5) is 11.4 Å². The zero-order valence-electron chi connectivity index (χ0n) is 14.0. The van der Waals surface area contributed by atoms with Crippen LogP contribution >= 0.6 is 0 Å². The second-order valence-corrected chi connectivity index (χ2v) is 5.10. The van der Waals surface area contributed by atoms with Crippen LogP contribution in [0.2, 0.25) is 0 Å². The molecule has 0 aliphatic heterocycles. The number of nitro groups is 2. The van der Waals surface area contributed by atoms with Crippen molar-refractivity contribution in [2.24, 2.45) is 10.2 Å². The summed E-state index contributed by atoms with van der Waals surface area (Å²) >= 11 is 0. The number of nitrogens with zero attached hydrogens (tertiary/aromatic N) is 4. The minimum Gasteiger partial charge on any atom is -0.262 e. The van der Waals surface area contributed by atoms with Crippen molar-refractivity contribution >= 4 is 35.6 Å². The number of benzene rings is 2. The number of amides is 2. The minimum atomic E-state index is -1.13. The van der Waals surface area contributed by atoms with Gasteiger partial charge in [-0.15, -0.1) is 0 Å². The number of hydrogen-bond donors (Lipinski definition) is 2. The fraction of sp³-hybridized carbons (Fsp3) is 0. The van der Waals surface area contributed by atoms with E-state index in [1.165, 1.54) is 48.5 Å². The maximum absolute atomic E-state index is 11.6. The smallest absolute Gasteiger partial charge is 0.262 e. The molecule has 0 aromatic heterocycles. The van der Waals surface area contributed by atoms with Gasteiger partial charge in [-0.3, -0.25) is 29.8 Å². The van der Waals surface area contributed by atoms with Crippen LogP contribution in [0.5, 0.6) is 0 Å². The molecule has 2 aromatic rings. The van der Waals surface area contributed by atoms with E-state index in [-0.39, 0.29) is 11.4 Å². The molecule has 2 rings (SSSR count). The van der Waals surface area contributed by atoms with E-state index in [9.17, 15) is 29.8 Å². The molecule has 0 saturated heterocycles. The zero-order chi connectivity index (χ0) is 20.5. The molecule has 0 aliphatic rings. The summed E-state index contributed by atoms with van der Waals surface area (Å²) in [5, 5.41) is 28.4. The normalized spacial score (nSPS) is 10.7. The Morgan fingerprint density at radius 2 is 1.18 bits per heavy atom. The number of non-ortho nitro benzene ring substituents is 2. The third-order valence-electron chi connectivity index (χ3n) is 3.13. The molecule has 2 amide bonds. The Morgan fingerprint density at radius 1 is 0.786 bits per heavy atom. The van der Waals surface area contributed by atoms with Gasteiger partial charge in [-0.25, -0.2) is 10.9 Å². The summed E-state index contributed by atoms with van der Waals surface area (Å²) in [6.07, 6.45) is 2.26. The molecule has 28 heavy (non-hydrogen) atoms. The van der Waals surface area contributed by atoms with Crippen molar-refractivity contribution in [2.45, 2.75) is 0 Å². The molecule has 2 N–H and O–H groups in total. The number of hydrogen-bond acceptors (Lipinski definition) is 8. The van der Waals surface area contributed by atoms with Gasteiger partial charge in [-0.1, -0.05) is 24.3 Å². The largest absolute Gasteiger partial charge is 0.331 e. The third kappa shape index (κ3) is 5.80. The second kappa shape index (κ2) is 9.28. The molecule has 0 bridgehead atoms. The zero-order valence-corrected chi connectivity index (χ0v) is 14.0. The molecular formula is C16H12N6O6. The van der Waals surface area contributed by atoms with Crippen LogP contribution in [0, 0.1) is 20.2 Å². The lowest BCUT2D eigenvalue weighted by Crippen LogP contribution is -2.35. The average Bonchev–Trinajstić information content (AvgIpc) is 2.68. The summed E-state index contributed by atoms with van der Waals surface area (Å²) in [5.74, 6) is -2.25. The molecule has 2 aromatic carbocycles. The average molecular weight is 384 g/mol. The summed E-state index contributed by atoms with van der Waals surface area (Å²) in [5.41, 5.74) is 4.27. The predicted octanol–water partition coefficient (Wildman–Crippen LogP) is 1.10. The minimum absolute atomic E-state index is 0.150. The van der Waals surface area contributed by atoms with E-state index in [0.717, 1.165) is 12.4 Å². The molecule has 0 radical (unpaired) electrons. The fourth-order valence-electron chi connectivity index (χ4n) is 1.87. The van der Waals surface area contributed by atoms with Crippen molar-refractivity contribution in [1.29, 1.82) is 0 Å². The third-order valence-corrected chi connectivity index (χ3v) is 3.13. The lowest BCUT2D eigenvalue weighted by molar-refractivity contribution is -0.385. The van der Waals surface area contributed by atoms with Crippen LogP contribution in [0.1, 0.15) is 11.1 Å². The maximum Gasteiger partial charge on any atom is 0.331 e. The predicted molar refractivity (Wildman–Crippen MR) is 97.7 cm³/mol. The highest BCUT2D eigenvalue weighted by atomic mass is 16.6. The Hall–Kier alpha value is -4.48. The van der Waals surface area contributed by atoms with E-state index >= 15 is 0 Å². The van der Waals surface area contributed by atoms with E-state index in [2.05, 4.69) is 10.2 Å². The lowest BCUT2D eigenvalue weighted by Gasteiger charge is -1.98. The van der Waals surface area contributed by atoms with Gasteiger partial charge < -0.3 is 0 Å². The van der Waals surface area contributed by atoms with Crippen molar-refractivity contribution in [3.05, 3.63) is 79.9 Å². The topological polar surface area (TPSA) is 169 Å². The SMILES string of the molecule is O=C(NN=Cc1cccc([N+](=O)[O-])c1)C(=O)N/N=C/c1cccc([N+](=O)[O-])c1. The summed E-state index contributed by atoms with van der Waals surface area (Å²) in [6.45, 7) is 0. The molecule has 0 unspecified atom stereocenters. The molecule has 0 heterocycles. The monoisotopic (exact) mass is 384 g/mol. The molecule has 0 atom stereocenters. The number of hydrazone groups is 2. The van der Waals surface area contributed by atoms with E-state index in [1.54, 1.807) is 0 Å². The molecule has 142 valence electrons. The van der Waals surface area contributed by atoms with Gasteiger partial charge in [-0.05, 0) is 0 Å². The number of rotatable bonds is 6. The van der Waals surface area contributed by atoms with Gasteiger partial charge in [0.2, 0.25) is 0 Å². The second-order valence-electron chi connectivity index (χ2n) is 5.10. The van der Waals surface area contributed by atoms with Crippen molar-refractivity contribution in [3.63, 3.8) is 0 Å². The van der Waals surface area contributed by atoms with Crippen LogP contribution in [0.15, 0.2) is 58.7 Å². The van der Waals surface area contributed by atoms with E-state index in [1.807, 2.05) is 10.9 Å². The van der Waals surface area contributed by atoms with Gasteiger partial charge in [0.25, 0.3) is 11.4 Å². The molecular weight excluding hydrogens is 372 g/mol. The van der Waals surface area contributed by atoms with Gasteiger partial charge in [0, 0.05) is 35.4 Å². The molecule has 0 aliphatic carbocycles. The molecule has 0 fully saturated rings. The number of nitrogens with one attached hydrogen (secondary N) is 2. The fourth-order valence-corrected chi connectivity index (χ4v) is 1.87. The standard InChI is InChI=1S/C16H12N6O6/c23-15(19-17-9-11-3-1-5-13(7-11)21(25)26)16(24)20-18-10-12-4-2-6-14(8-12)22(27)28/h1-10H,(H,19,23)(H,20,24)/b17-9+,18-10?. The van der Waals surface area contributed by atoms with E-state index < -0.39 is 21.7 Å². The van der Waals surface area contributed by atoms with Crippen LogP contribution in [-0.4, -0.2) is 34.1 Å². The van der Waals surface area contributed by atoms with Gasteiger partial charge in [0.05, 0.1) is 22.3 Å². The van der Waals surface area contributed by atoms with Gasteiger partial charge >= 0.3 is 11.8 Å². The lowest BCUT2D eigenvalue weighted by atomic mass is 10.2. The van der Waals surface area contributed by atoms with Crippen LogP contribution in [0.3, 0.4) is 0 Å². The first-order valence-corrected chi connectivity index (χ1v) is 7.52. The highest BCUT2D eigenvalue weighted by molar-refractivity contribution is 6.35. The summed E-state index contributed by atoms with van der Waals surface area (Å²) in [6, 6.07) is 11.0. The number of carbonyl (C=O) groups excluding carboxylic acids is 2. The summed E-state index contributed by atoms with van der Waals surface area (Å²) in [4.78, 5) is 43.4. The van der Waals surface area contributed by atoms with Crippen LogP contribution in [0.25, 0.3) is 0 Å². The molecule has 0 saturated carbocycles. The highest BCUT2D eigenvalue weighted by Crippen LogP contribution is 2.12. The van der Waals surface area contributed by atoms with Crippen molar-refractivity contribution < 1.29 is 19.4 Å². The Labute approximate surface area is 156 Å².